The molecule has 0 aromatic carbocycles. The van der Waals surface area contributed by atoms with Gasteiger partial charge in [0.15, 0.2) is 6.71 Å². The molecule has 0 saturated carbocycles. The van der Waals surface area contributed by atoms with E-state index >= 15 is 0 Å². The number of allylic oxidation sites excluding steroid dienone is 1. The van der Waals surface area contributed by atoms with Crippen LogP contribution in [-0.2, 0) is 0 Å². The van der Waals surface area contributed by atoms with Gasteiger partial charge in [0.25, 0.3) is 0 Å². The fourth-order valence-corrected chi connectivity index (χ4v) is 3.81. The van der Waals surface area contributed by atoms with Crippen LogP contribution in [0.15, 0.2) is 12.1 Å². The quantitative estimate of drug-likeness (QED) is 0.435. The van der Waals surface area contributed by atoms with Crippen LogP contribution in [0.1, 0.15) is 71.1 Å². The predicted octanol–water partition coefficient (Wildman–Crippen LogP) is 5.27. The number of unbranched alkanes of at least 4 members (excludes halogenated alkanes) is 3. The van der Waals surface area contributed by atoms with Crippen LogP contribution in [0.5, 0.6) is 0 Å². The third kappa shape index (κ3) is 3.15. The first-order valence-corrected chi connectivity index (χ1v) is 7.58. The van der Waals surface area contributed by atoms with Crippen LogP contribution in [-0.4, -0.2) is 6.71 Å². The third-order valence-corrected chi connectivity index (χ3v) is 4.72. The van der Waals surface area contributed by atoms with Gasteiger partial charge in [-0.25, -0.2) is 0 Å². The van der Waals surface area contributed by atoms with Crippen LogP contribution in [0.4, 0.5) is 0 Å². The van der Waals surface area contributed by atoms with Crippen molar-refractivity contribution in [2.45, 2.75) is 82.8 Å². The van der Waals surface area contributed by atoms with Gasteiger partial charge in [-0.3, -0.25) is 0 Å². The molecule has 2 aliphatic rings. The number of rotatable bonds is 5. The molecule has 2 fully saturated rings. The molecule has 1 heteroatoms. The van der Waals surface area contributed by atoms with E-state index in [1.54, 1.807) is 0 Å². The smallest absolute Gasteiger partial charge is 0.118 e. The highest BCUT2D eigenvalue weighted by atomic mass is 14.2. The summed E-state index contributed by atoms with van der Waals surface area (Å²) in [7, 11) is 0. The molecule has 0 atom stereocenters. The van der Waals surface area contributed by atoms with Crippen LogP contribution in [0.2, 0.25) is 11.6 Å². The lowest BCUT2D eigenvalue weighted by atomic mass is 9.27. The van der Waals surface area contributed by atoms with Crippen molar-refractivity contribution >= 4 is 6.71 Å². The highest BCUT2D eigenvalue weighted by Crippen LogP contribution is 2.46. The van der Waals surface area contributed by atoms with Crippen molar-refractivity contribution in [3.05, 3.63) is 12.1 Å². The summed E-state index contributed by atoms with van der Waals surface area (Å²) < 4.78 is 0. The Hall–Kier alpha value is -0.195. The lowest BCUT2D eigenvalue weighted by Gasteiger charge is -2.39. The molecule has 0 nitrogen and oxygen atoms in total. The van der Waals surface area contributed by atoms with Crippen LogP contribution in [0.25, 0.3) is 0 Å². The summed E-state index contributed by atoms with van der Waals surface area (Å²) in [6.45, 7) is 3.25. The largest absolute Gasteiger partial charge is 0.172 e. The molecule has 0 aromatic heterocycles. The van der Waals surface area contributed by atoms with E-state index in [2.05, 4.69) is 19.0 Å². The van der Waals surface area contributed by atoms with Gasteiger partial charge < -0.3 is 0 Å². The minimum Gasteiger partial charge on any atom is -0.118 e. The van der Waals surface area contributed by atoms with Gasteiger partial charge >= 0.3 is 0 Å². The van der Waals surface area contributed by atoms with Crippen LogP contribution in [0.3, 0.4) is 0 Å². The Morgan fingerprint density at radius 3 is 2.19 bits per heavy atom. The van der Waals surface area contributed by atoms with E-state index in [9.17, 15) is 0 Å². The summed E-state index contributed by atoms with van der Waals surface area (Å²) in [6.07, 6.45) is 17.0. The van der Waals surface area contributed by atoms with E-state index in [1.165, 1.54) is 64.2 Å². The zero-order chi connectivity index (χ0) is 11.2. The Balaban J connectivity index is 1.78. The molecule has 0 aromatic rings. The zero-order valence-electron chi connectivity index (χ0n) is 11.0. The normalized spacial score (nSPS) is 29.9. The Morgan fingerprint density at radius 2 is 1.62 bits per heavy atom. The SMILES string of the molecule is CCCCC/C=C\B1C2CCCC1CCC2. The van der Waals surface area contributed by atoms with Gasteiger partial charge in [-0.15, -0.1) is 5.98 Å². The molecule has 2 rings (SSSR count). The molecule has 0 unspecified atom stereocenters. The van der Waals surface area contributed by atoms with Crippen molar-refractivity contribution in [3.8, 4) is 0 Å². The summed E-state index contributed by atoms with van der Waals surface area (Å²) in [5.74, 6) is 4.70. The Bertz CT molecular complexity index is 199. The van der Waals surface area contributed by atoms with Crippen molar-refractivity contribution in [3.63, 3.8) is 0 Å². The van der Waals surface area contributed by atoms with Gasteiger partial charge in [0.2, 0.25) is 0 Å². The van der Waals surface area contributed by atoms with Gasteiger partial charge in [0.05, 0.1) is 0 Å². The van der Waals surface area contributed by atoms with Crippen LogP contribution >= 0.6 is 0 Å². The Kier molecular flexibility index (Phi) is 5.00. The number of fused-ring (bicyclic) bond motifs is 2. The summed E-state index contributed by atoms with van der Waals surface area (Å²) >= 11 is 0. The maximum absolute atomic E-state index is 2.60. The molecule has 2 aliphatic heterocycles. The van der Waals surface area contributed by atoms with E-state index < -0.39 is 0 Å². The van der Waals surface area contributed by atoms with Crippen molar-refractivity contribution in [2.75, 3.05) is 0 Å². The molecule has 2 heterocycles. The maximum atomic E-state index is 2.60. The summed E-state index contributed by atoms with van der Waals surface area (Å²) in [6, 6.07) is 0. The van der Waals surface area contributed by atoms with E-state index in [1.807, 2.05) is 0 Å². The van der Waals surface area contributed by atoms with Gasteiger partial charge in [-0.05, 0) is 12.8 Å². The molecule has 2 saturated heterocycles. The zero-order valence-corrected chi connectivity index (χ0v) is 11.0. The van der Waals surface area contributed by atoms with Crippen molar-refractivity contribution in [2.24, 2.45) is 0 Å². The molecule has 0 N–H and O–H groups in total. The minimum absolute atomic E-state index is 0.962. The predicted molar refractivity (Wildman–Crippen MR) is 74.2 cm³/mol. The maximum Gasteiger partial charge on any atom is 0.172 e. The average Bonchev–Trinajstić information content (AvgIpc) is 2.28. The molecule has 2 bridgehead atoms. The van der Waals surface area contributed by atoms with Gasteiger partial charge in [0.1, 0.15) is 0 Å². The Labute approximate surface area is 102 Å². The molecule has 0 radical (unpaired) electrons. The molecule has 0 aliphatic carbocycles. The fraction of sp³-hybridized carbons (Fsp3) is 0.867. The second kappa shape index (κ2) is 6.52. The highest BCUT2D eigenvalue weighted by Gasteiger charge is 2.36. The monoisotopic (exact) mass is 218 g/mol. The topological polar surface area (TPSA) is 0 Å². The first-order valence-electron chi connectivity index (χ1n) is 7.58. The van der Waals surface area contributed by atoms with Crippen LogP contribution < -0.4 is 0 Å². The van der Waals surface area contributed by atoms with Gasteiger partial charge in [-0.1, -0.05) is 76.0 Å². The second-order valence-corrected chi connectivity index (χ2v) is 5.88. The average molecular weight is 218 g/mol. The molecular formula is C15H27B. The summed E-state index contributed by atoms with van der Waals surface area (Å²) in [5, 5.41) is 0. The molecule has 90 valence electrons. The number of hydrogen-bond donors (Lipinski definition) is 0. The third-order valence-electron chi connectivity index (χ3n) is 4.72. The first-order chi connectivity index (χ1) is 7.92. The molecule has 0 spiro atoms. The van der Waals surface area contributed by atoms with E-state index in [4.69, 9.17) is 0 Å². The number of hydrogen-bond acceptors (Lipinski definition) is 0. The standard InChI is InChI=1S/C15H27B/c1-2-3-4-5-6-13-16-14-9-7-10-15(16)12-8-11-14/h6,13-15H,2-5,7-12H2,1H3/b13-6-. The van der Waals surface area contributed by atoms with E-state index in [-0.39, 0.29) is 0 Å². The van der Waals surface area contributed by atoms with Crippen molar-refractivity contribution in [1.82, 2.24) is 0 Å². The minimum atomic E-state index is 0.962. The lowest BCUT2D eigenvalue weighted by molar-refractivity contribution is 0.447. The van der Waals surface area contributed by atoms with Crippen molar-refractivity contribution < 1.29 is 0 Å². The highest BCUT2D eigenvalue weighted by molar-refractivity contribution is 6.67. The van der Waals surface area contributed by atoms with Gasteiger partial charge in [-0.2, -0.15) is 0 Å². The molecule has 0 amide bonds. The van der Waals surface area contributed by atoms with Crippen LogP contribution in [0, 0.1) is 0 Å². The first kappa shape index (κ1) is 12.3. The molecular weight excluding hydrogens is 191 g/mol. The molecule has 16 heavy (non-hydrogen) atoms. The van der Waals surface area contributed by atoms with E-state index in [0.717, 1.165) is 18.3 Å². The lowest BCUT2D eigenvalue weighted by Crippen LogP contribution is -2.32. The van der Waals surface area contributed by atoms with Gasteiger partial charge in [0, 0.05) is 0 Å². The fourth-order valence-electron chi connectivity index (χ4n) is 3.81. The van der Waals surface area contributed by atoms with Crippen molar-refractivity contribution in [1.29, 1.82) is 0 Å². The summed E-state index contributed by atoms with van der Waals surface area (Å²) in [4.78, 5) is 0. The summed E-state index contributed by atoms with van der Waals surface area (Å²) in [5.41, 5.74) is 0. The Morgan fingerprint density at radius 1 is 1.00 bits per heavy atom. The van der Waals surface area contributed by atoms with E-state index in [0.29, 0.717) is 0 Å². The second-order valence-electron chi connectivity index (χ2n) is 5.88.